The SMILES string of the molecule is c1ccc(C[C]2[C](Cc3ccccc3)[C](Cc3ccccc3)[C](Cc3ccccc3)[C]2Cc2ccccc2)cc1. The number of hydrogen-bond donors (Lipinski definition) is 0. The van der Waals surface area contributed by atoms with Crippen molar-refractivity contribution in [1.82, 2.24) is 0 Å². The normalized spacial score (nSPS) is 15.5. The molecule has 195 valence electrons. The lowest BCUT2D eigenvalue weighted by Gasteiger charge is -2.26. The molecule has 0 aromatic heterocycles. The maximum absolute atomic E-state index is 2.28. The minimum Gasteiger partial charge on any atom is -0.0622 e. The molecule has 1 fully saturated rings. The van der Waals surface area contributed by atoms with Crippen LogP contribution in [0.25, 0.3) is 0 Å². The summed E-state index contributed by atoms with van der Waals surface area (Å²) >= 11 is 0. The molecule has 0 bridgehead atoms. The third-order valence-corrected chi connectivity index (χ3v) is 7.94. The van der Waals surface area contributed by atoms with Gasteiger partial charge < -0.3 is 0 Å². The van der Waals surface area contributed by atoms with Gasteiger partial charge in [0, 0.05) is 0 Å². The Labute approximate surface area is 240 Å². The average molecular weight is 516 g/mol. The van der Waals surface area contributed by atoms with Crippen molar-refractivity contribution in [1.29, 1.82) is 0 Å². The van der Waals surface area contributed by atoms with Gasteiger partial charge in [-0.25, -0.2) is 0 Å². The summed E-state index contributed by atoms with van der Waals surface area (Å²) in [6, 6.07) is 55.0. The fraction of sp³-hybridized carbons (Fsp3) is 0.125. The van der Waals surface area contributed by atoms with Gasteiger partial charge in [0.05, 0.1) is 0 Å². The van der Waals surface area contributed by atoms with Crippen LogP contribution in [0.3, 0.4) is 0 Å². The molecule has 1 aliphatic rings. The van der Waals surface area contributed by atoms with E-state index in [-0.39, 0.29) is 0 Å². The first-order valence-electron chi connectivity index (χ1n) is 14.3. The van der Waals surface area contributed by atoms with Gasteiger partial charge in [-0.15, -0.1) is 0 Å². The zero-order valence-electron chi connectivity index (χ0n) is 23.0. The standard InChI is InChI=1S/C40H35/c1-6-16-31(17-7-1)26-36-37(27-32-18-8-2-9-19-32)39(29-34-22-12-4-13-23-34)40(30-35-24-14-5-15-25-35)38(36)28-33-20-10-3-11-21-33/h1-25H,26-30H2. The first-order chi connectivity index (χ1) is 19.8. The predicted octanol–water partition coefficient (Wildman–Crippen LogP) is 9.09. The Morgan fingerprint density at radius 1 is 0.200 bits per heavy atom. The first-order valence-corrected chi connectivity index (χ1v) is 14.3. The van der Waals surface area contributed by atoms with Crippen molar-refractivity contribution in [2.45, 2.75) is 32.1 Å². The van der Waals surface area contributed by atoms with Gasteiger partial charge in [0.2, 0.25) is 0 Å². The predicted molar refractivity (Wildman–Crippen MR) is 167 cm³/mol. The van der Waals surface area contributed by atoms with Gasteiger partial charge >= 0.3 is 0 Å². The maximum Gasteiger partial charge on any atom is -0.00430 e. The van der Waals surface area contributed by atoms with Gasteiger partial charge in [0.25, 0.3) is 0 Å². The fourth-order valence-corrected chi connectivity index (χ4v) is 5.98. The molecule has 0 nitrogen and oxygen atoms in total. The highest BCUT2D eigenvalue weighted by Gasteiger charge is 2.51. The first kappa shape index (κ1) is 26.3. The van der Waals surface area contributed by atoms with Crippen molar-refractivity contribution in [3.8, 4) is 0 Å². The van der Waals surface area contributed by atoms with E-state index >= 15 is 0 Å². The molecule has 6 rings (SSSR count). The summed E-state index contributed by atoms with van der Waals surface area (Å²) in [5, 5.41) is 0. The van der Waals surface area contributed by atoms with E-state index in [0.29, 0.717) is 0 Å². The number of hydrogen-bond acceptors (Lipinski definition) is 0. The Balaban J connectivity index is 1.45. The van der Waals surface area contributed by atoms with Gasteiger partial charge in [-0.1, -0.05) is 152 Å². The van der Waals surface area contributed by atoms with Crippen LogP contribution in [0.4, 0.5) is 0 Å². The molecule has 5 radical (unpaired) electrons. The average Bonchev–Trinajstić information content (AvgIpc) is 3.25. The molecule has 0 amide bonds. The van der Waals surface area contributed by atoms with Crippen LogP contribution in [0.5, 0.6) is 0 Å². The van der Waals surface area contributed by atoms with E-state index in [2.05, 4.69) is 152 Å². The lowest BCUT2D eigenvalue weighted by Crippen LogP contribution is -2.19. The van der Waals surface area contributed by atoms with Crippen LogP contribution < -0.4 is 0 Å². The zero-order valence-corrected chi connectivity index (χ0v) is 23.0. The summed E-state index contributed by atoms with van der Waals surface area (Å²) < 4.78 is 0. The van der Waals surface area contributed by atoms with E-state index in [1.54, 1.807) is 0 Å². The molecular formula is C40H35. The topological polar surface area (TPSA) is 0 Å². The largest absolute Gasteiger partial charge is 0.0622 e. The van der Waals surface area contributed by atoms with Crippen LogP contribution in [0.1, 0.15) is 27.8 Å². The fourth-order valence-electron chi connectivity index (χ4n) is 5.98. The molecule has 5 aromatic rings. The van der Waals surface area contributed by atoms with E-state index in [1.807, 2.05) is 0 Å². The van der Waals surface area contributed by atoms with E-state index in [4.69, 9.17) is 0 Å². The molecule has 0 heteroatoms. The van der Waals surface area contributed by atoms with Crippen molar-refractivity contribution in [3.63, 3.8) is 0 Å². The summed E-state index contributed by atoms with van der Waals surface area (Å²) in [6.45, 7) is 0. The highest BCUT2D eigenvalue weighted by molar-refractivity contribution is 5.66. The minimum absolute atomic E-state index is 0.946. The Kier molecular flexibility index (Phi) is 8.54. The van der Waals surface area contributed by atoms with Gasteiger partial charge in [-0.3, -0.25) is 0 Å². The second-order valence-corrected chi connectivity index (χ2v) is 10.7. The summed E-state index contributed by atoms with van der Waals surface area (Å²) in [6.07, 6.45) is 4.73. The smallest absolute Gasteiger partial charge is 0.00430 e. The maximum atomic E-state index is 2.28. The zero-order chi connectivity index (χ0) is 27.0. The van der Waals surface area contributed by atoms with Gasteiger partial charge in [0.1, 0.15) is 0 Å². The Hall–Kier alpha value is -3.90. The third-order valence-electron chi connectivity index (χ3n) is 7.94. The van der Waals surface area contributed by atoms with Crippen LogP contribution >= 0.6 is 0 Å². The molecule has 0 unspecified atom stereocenters. The van der Waals surface area contributed by atoms with E-state index in [1.165, 1.54) is 57.4 Å². The second-order valence-electron chi connectivity index (χ2n) is 10.7. The van der Waals surface area contributed by atoms with Crippen LogP contribution in [-0.4, -0.2) is 0 Å². The molecular weight excluding hydrogens is 480 g/mol. The quantitative estimate of drug-likeness (QED) is 0.174. The minimum atomic E-state index is 0.946. The van der Waals surface area contributed by atoms with Crippen LogP contribution in [0.15, 0.2) is 152 Å². The van der Waals surface area contributed by atoms with E-state index in [9.17, 15) is 0 Å². The molecule has 40 heavy (non-hydrogen) atoms. The summed E-state index contributed by atoms with van der Waals surface area (Å²) in [4.78, 5) is 0. The van der Waals surface area contributed by atoms with E-state index in [0.717, 1.165) is 32.1 Å². The molecule has 5 aromatic carbocycles. The highest BCUT2D eigenvalue weighted by atomic mass is 14.5. The summed E-state index contributed by atoms with van der Waals surface area (Å²) in [5.41, 5.74) is 6.85. The van der Waals surface area contributed by atoms with Crippen LogP contribution in [0, 0.1) is 29.6 Å². The summed E-state index contributed by atoms with van der Waals surface area (Å²) in [5.74, 6) is 7.55. The Morgan fingerprint density at radius 3 is 0.500 bits per heavy atom. The molecule has 1 aliphatic carbocycles. The highest BCUT2D eigenvalue weighted by Crippen LogP contribution is 2.58. The van der Waals surface area contributed by atoms with E-state index < -0.39 is 0 Å². The summed E-state index contributed by atoms with van der Waals surface area (Å²) in [7, 11) is 0. The molecule has 0 atom stereocenters. The van der Waals surface area contributed by atoms with Crippen LogP contribution in [0.2, 0.25) is 0 Å². The lowest BCUT2D eigenvalue weighted by molar-refractivity contribution is 0.802. The second kappa shape index (κ2) is 13.0. The molecule has 1 saturated carbocycles. The molecule has 0 saturated heterocycles. The Morgan fingerprint density at radius 2 is 0.350 bits per heavy atom. The van der Waals surface area contributed by atoms with Crippen molar-refractivity contribution in [2.75, 3.05) is 0 Å². The van der Waals surface area contributed by atoms with Gasteiger partial charge in [-0.05, 0) is 89.5 Å². The lowest BCUT2D eigenvalue weighted by atomic mass is 9.77. The number of benzene rings is 5. The van der Waals surface area contributed by atoms with Gasteiger partial charge in [0.15, 0.2) is 0 Å². The molecule has 0 heterocycles. The van der Waals surface area contributed by atoms with Crippen LogP contribution in [-0.2, 0) is 32.1 Å². The van der Waals surface area contributed by atoms with Crippen molar-refractivity contribution >= 4 is 0 Å². The third kappa shape index (κ3) is 6.45. The molecule has 0 N–H and O–H groups in total. The monoisotopic (exact) mass is 515 g/mol. The number of rotatable bonds is 10. The van der Waals surface area contributed by atoms with Gasteiger partial charge in [-0.2, -0.15) is 0 Å². The van der Waals surface area contributed by atoms with Crippen molar-refractivity contribution in [3.05, 3.63) is 209 Å². The van der Waals surface area contributed by atoms with Crippen molar-refractivity contribution < 1.29 is 0 Å². The Bertz CT molecular complexity index is 1140. The molecule has 0 aliphatic heterocycles. The molecule has 0 spiro atoms. The van der Waals surface area contributed by atoms with Crippen molar-refractivity contribution in [2.24, 2.45) is 0 Å².